The molecule has 1 aliphatic heterocycles. The summed E-state index contributed by atoms with van der Waals surface area (Å²) >= 11 is 0. The number of nitrogens with one attached hydrogen (secondary N) is 1. The molecule has 3 rings (SSSR count). The Morgan fingerprint density at radius 3 is 2.59 bits per heavy atom. The van der Waals surface area contributed by atoms with E-state index in [4.69, 9.17) is 9.47 Å². The fraction of sp³-hybridized carbons (Fsp3) is 0.409. The molecule has 1 aliphatic rings. The van der Waals surface area contributed by atoms with Crippen LogP contribution in [0.1, 0.15) is 36.4 Å². The van der Waals surface area contributed by atoms with Gasteiger partial charge in [-0.25, -0.2) is 0 Å². The molecule has 1 amide bonds. The van der Waals surface area contributed by atoms with E-state index >= 15 is 0 Å². The van der Waals surface area contributed by atoms with Crippen LogP contribution in [0.4, 0.5) is 0 Å². The molecule has 5 heteroatoms. The lowest BCUT2D eigenvalue weighted by Crippen LogP contribution is -2.49. The average Bonchev–Trinajstić information content (AvgIpc) is 2.73. The summed E-state index contributed by atoms with van der Waals surface area (Å²) in [4.78, 5) is 15.1. The highest BCUT2D eigenvalue weighted by atomic mass is 16.5. The van der Waals surface area contributed by atoms with E-state index in [9.17, 15) is 4.79 Å². The van der Waals surface area contributed by atoms with Crippen LogP contribution in [0.5, 0.6) is 11.5 Å². The molecule has 0 saturated carbocycles. The minimum Gasteiger partial charge on any atom is -0.497 e. The zero-order valence-corrected chi connectivity index (χ0v) is 16.3. The van der Waals surface area contributed by atoms with Gasteiger partial charge in [-0.3, -0.25) is 4.79 Å². The van der Waals surface area contributed by atoms with Gasteiger partial charge in [0.25, 0.3) is 0 Å². The zero-order valence-electron chi connectivity index (χ0n) is 16.3. The zero-order chi connectivity index (χ0) is 19.2. The summed E-state index contributed by atoms with van der Waals surface area (Å²) in [5.74, 6) is 1.98. The third kappa shape index (κ3) is 4.42. The molecule has 1 saturated heterocycles. The molecular formula is C22H28N2O3. The van der Waals surface area contributed by atoms with E-state index in [2.05, 4.69) is 12.2 Å². The smallest absolute Gasteiger partial charge is 0.223 e. The van der Waals surface area contributed by atoms with Gasteiger partial charge in [-0.2, -0.15) is 0 Å². The molecule has 0 radical (unpaired) electrons. The summed E-state index contributed by atoms with van der Waals surface area (Å²) in [6, 6.07) is 15.9. The van der Waals surface area contributed by atoms with E-state index in [0.29, 0.717) is 13.0 Å². The average molecular weight is 368 g/mol. The van der Waals surface area contributed by atoms with Gasteiger partial charge in [-0.1, -0.05) is 37.3 Å². The topological polar surface area (TPSA) is 50.8 Å². The number of carbonyl (C=O) groups excluding carboxylic acids is 1. The molecule has 2 aromatic carbocycles. The molecule has 0 aromatic heterocycles. The van der Waals surface area contributed by atoms with Gasteiger partial charge in [0.05, 0.1) is 20.3 Å². The lowest BCUT2D eigenvalue weighted by molar-refractivity contribution is -0.134. The molecule has 2 atom stereocenters. The number of benzene rings is 2. The van der Waals surface area contributed by atoms with Crippen molar-refractivity contribution in [3.8, 4) is 11.5 Å². The maximum atomic E-state index is 13.1. The summed E-state index contributed by atoms with van der Waals surface area (Å²) in [6.45, 7) is 4.36. The number of para-hydroxylation sites is 1. The largest absolute Gasteiger partial charge is 0.497 e. The lowest BCUT2D eigenvalue weighted by atomic mass is 9.95. The molecule has 2 aromatic rings. The first-order valence-electron chi connectivity index (χ1n) is 9.41. The first-order chi connectivity index (χ1) is 13.1. The van der Waals surface area contributed by atoms with Gasteiger partial charge in [0.15, 0.2) is 0 Å². The predicted molar refractivity (Wildman–Crippen MR) is 106 cm³/mol. The fourth-order valence-corrected chi connectivity index (χ4v) is 3.65. The molecule has 1 heterocycles. The maximum absolute atomic E-state index is 13.1. The van der Waals surface area contributed by atoms with Crippen molar-refractivity contribution in [2.75, 3.05) is 33.9 Å². The minimum atomic E-state index is -0.00883. The molecule has 27 heavy (non-hydrogen) atoms. The van der Waals surface area contributed by atoms with Crippen LogP contribution in [-0.2, 0) is 4.79 Å². The third-order valence-electron chi connectivity index (χ3n) is 5.23. The number of ether oxygens (including phenoxy) is 2. The number of nitrogens with zero attached hydrogens (tertiary/aromatic N) is 1. The summed E-state index contributed by atoms with van der Waals surface area (Å²) in [5.41, 5.74) is 2.20. The second-order valence-electron chi connectivity index (χ2n) is 6.93. The van der Waals surface area contributed by atoms with Crippen LogP contribution in [-0.4, -0.2) is 44.7 Å². The first-order valence-corrected chi connectivity index (χ1v) is 9.41. The van der Waals surface area contributed by atoms with E-state index in [-0.39, 0.29) is 17.9 Å². The first kappa shape index (κ1) is 19.2. The van der Waals surface area contributed by atoms with Crippen molar-refractivity contribution in [2.24, 2.45) is 0 Å². The summed E-state index contributed by atoms with van der Waals surface area (Å²) in [6.07, 6.45) is 0.484. The maximum Gasteiger partial charge on any atom is 0.223 e. The Bertz CT molecular complexity index is 760. The molecular weight excluding hydrogens is 340 g/mol. The van der Waals surface area contributed by atoms with Gasteiger partial charge in [0.2, 0.25) is 5.91 Å². The summed E-state index contributed by atoms with van der Waals surface area (Å²) in [5, 5.41) is 3.40. The molecule has 0 aliphatic carbocycles. The highest BCUT2D eigenvalue weighted by Crippen LogP contribution is 2.32. The van der Waals surface area contributed by atoms with E-state index in [0.717, 1.165) is 35.7 Å². The van der Waals surface area contributed by atoms with Crippen molar-refractivity contribution >= 4 is 5.91 Å². The monoisotopic (exact) mass is 368 g/mol. The van der Waals surface area contributed by atoms with Crippen molar-refractivity contribution in [3.63, 3.8) is 0 Å². The highest BCUT2D eigenvalue weighted by Gasteiger charge is 2.30. The molecule has 144 valence electrons. The molecule has 1 N–H and O–H groups in total. The minimum absolute atomic E-state index is 0.00883. The van der Waals surface area contributed by atoms with Crippen molar-refractivity contribution in [3.05, 3.63) is 59.7 Å². The van der Waals surface area contributed by atoms with Gasteiger partial charge < -0.3 is 19.7 Å². The van der Waals surface area contributed by atoms with Crippen molar-refractivity contribution in [1.82, 2.24) is 10.2 Å². The standard InChI is InChI=1S/C22H28N2O3/c1-16(17-8-10-18(26-2)11-9-17)14-22(25)24-13-12-23-15-20(24)19-6-4-5-7-21(19)27-3/h4-11,16,20,23H,12-15H2,1-3H3. The Balaban J connectivity index is 1.74. The molecule has 0 bridgehead atoms. The summed E-state index contributed by atoms with van der Waals surface area (Å²) < 4.78 is 10.7. The number of amides is 1. The Kier molecular flexibility index (Phi) is 6.35. The quantitative estimate of drug-likeness (QED) is 0.849. The second-order valence-corrected chi connectivity index (χ2v) is 6.93. The van der Waals surface area contributed by atoms with Crippen LogP contribution < -0.4 is 14.8 Å². The molecule has 2 unspecified atom stereocenters. The number of carbonyl (C=O) groups is 1. The number of rotatable bonds is 6. The number of hydrogen-bond acceptors (Lipinski definition) is 4. The van der Waals surface area contributed by atoms with Crippen molar-refractivity contribution < 1.29 is 14.3 Å². The second kappa shape index (κ2) is 8.91. The number of methoxy groups -OCH3 is 2. The lowest BCUT2D eigenvalue weighted by Gasteiger charge is -2.37. The Labute approximate surface area is 161 Å². The molecule has 5 nitrogen and oxygen atoms in total. The van der Waals surface area contributed by atoms with E-state index in [1.54, 1.807) is 14.2 Å². The van der Waals surface area contributed by atoms with Crippen molar-refractivity contribution in [2.45, 2.75) is 25.3 Å². The Hall–Kier alpha value is -2.53. The Morgan fingerprint density at radius 1 is 1.15 bits per heavy atom. The third-order valence-corrected chi connectivity index (χ3v) is 5.23. The highest BCUT2D eigenvalue weighted by molar-refractivity contribution is 5.78. The van der Waals surface area contributed by atoms with E-state index in [1.807, 2.05) is 53.4 Å². The molecule has 1 fully saturated rings. The van der Waals surface area contributed by atoms with Crippen LogP contribution >= 0.6 is 0 Å². The van der Waals surface area contributed by atoms with E-state index < -0.39 is 0 Å². The van der Waals surface area contributed by atoms with Crippen LogP contribution in [0.3, 0.4) is 0 Å². The van der Waals surface area contributed by atoms with Gasteiger partial charge in [-0.15, -0.1) is 0 Å². The van der Waals surface area contributed by atoms with E-state index in [1.165, 1.54) is 0 Å². The van der Waals surface area contributed by atoms with Gasteiger partial charge in [0.1, 0.15) is 11.5 Å². The van der Waals surface area contributed by atoms with Crippen LogP contribution in [0, 0.1) is 0 Å². The Morgan fingerprint density at radius 2 is 1.89 bits per heavy atom. The SMILES string of the molecule is COc1ccc(C(C)CC(=O)N2CCNCC2c2ccccc2OC)cc1. The fourth-order valence-electron chi connectivity index (χ4n) is 3.65. The molecule has 0 spiro atoms. The van der Waals surface area contributed by atoms with Gasteiger partial charge in [-0.05, 0) is 29.7 Å². The number of piperazine rings is 1. The van der Waals surface area contributed by atoms with Gasteiger partial charge in [0, 0.05) is 31.6 Å². The summed E-state index contributed by atoms with van der Waals surface area (Å²) in [7, 11) is 3.33. The number of hydrogen-bond donors (Lipinski definition) is 1. The van der Waals surface area contributed by atoms with Crippen LogP contribution in [0.15, 0.2) is 48.5 Å². The van der Waals surface area contributed by atoms with Crippen LogP contribution in [0.25, 0.3) is 0 Å². The van der Waals surface area contributed by atoms with Gasteiger partial charge >= 0.3 is 0 Å². The van der Waals surface area contributed by atoms with Crippen molar-refractivity contribution in [1.29, 1.82) is 0 Å². The normalized spacial score (nSPS) is 18.0. The predicted octanol–water partition coefficient (Wildman–Crippen LogP) is 3.37. The van der Waals surface area contributed by atoms with Crippen LogP contribution in [0.2, 0.25) is 0 Å².